The lowest BCUT2D eigenvalue weighted by Crippen LogP contribution is -2.31. The second-order valence-corrected chi connectivity index (χ2v) is 4.68. The van der Waals surface area contributed by atoms with Crippen LogP contribution in [0.4, 0.5) is 15.8 Å². The Hall–Kier alpha value is -1.70. The molecule has 21 heavy (non-hydrogen) atoms. The minimum absolute atomic E-state index is 0.000694. The Labute approximate surface area is 123 Å². The van der Waals surface area contributed by atoms with Gasteiger partial charge < -0.3 is 21.3 Å². The molecule has 1 aromatic rings. The monoisotopic (exact) mass is 299 g/mol. The maximum atomic E-state index is 13.4. The van der Waals surface area contributed by atoms with Crippen molar-refractivity contribution in [2.45, 2.75) is 12.8 Å². The molecule has 1 aromatic carbocycles. The topological polar surface area (TPSA) is 98.8 Å². The van der Waals surface area contributed by atoms with Crippen LogP contribution in [0.1, 0.15) is 12.8 Å². The van der Waals surface area contributed by atoms with Gasteiger partial charge in [0.1, 0.15) is 5.82 Å². The smallest absolute Gasteiger partial charge is 0.224 e. The van der Waals surface area contributed by atoms with Crippen LogP contribution in [-0.4, -0.2) is 53.9 Å². The number of benzene rings is 1. The van der Waals surface area contributed by atoms with Gasteiger partial charge in [-0.1, -0.05) is 0 Å². The number of nitrogen functional groups attached to an aromatic ring is 1. The summed E-state index contributed by atoms with van der Waals surface area (Å²) in [6, 6.07) is 4.00. The molecule has 0 aliphatic rings. The molecule has 0 spiro atoms. The molecule has 0 aliphatic heterocycles. The lowest BCUT2D eigenvalue weighted by Gasteiger charge is -2.19. The van der Waals surface area contributed by atoms with Crippen LogP contribution < -0.4 is 11.1 Å². The number of halogens is 1. The average Bonchev–Trinajstić information content (AvgIpc) is 2.43. The number of hydrogen-bond donors (Lipinski definition) is 4. The zero-order valence-electron chi connectivity index (χ0n) is 11.9. The largest absolute Gasteiger partial charge is 0.399 e. The molecule has 6 nitrogen and oxygen atoms in total. The molecule has 0 atom stereocenters. The maximum Gasteiger partial charge on any atom is 0.224 e. The predicted octanol–water partition coefficient (Wildman–Crippen LogP) is 0.413. The molecule has 0 fully saturated rings. The van der Waals surface area contributed by atoms with E-state index in [2.05, 4.69) is 5.32 Å². The lowest BCUT2D eigenvalue weighted by molar-refractivity contribution is -0.116. The number of amides is 1. The van der Waals surface area contributed by atoms with E-state index in [1.807, 2.05) is 4.90 Å². The van der Waals surface area contributed by atoms with Gasteiger partial charge in [-0.15, -0.1) is 0 Å². The van der Waals surface area contributed by atoms with Crippen LogP contribution in [0.2, 0.25) is 0 Å². The van der Waals surface area contributed by atoms with E-state index in [4.69, 9.17) is 15.9 Å². The van der Waals surface area contributed by atoms with Gasteiger partial charge in [0.05, 0.1) is 18.9 Å². The molecule has 0 aromatic heterocycles. The zero-order valence-corrected chi connectivity index (χ0v) is 11.9. The summed E-state index contributed by atoms with van der Waals surface area (Å²) in [6.07, 6.45) is 0.775. The number of aliphatic hydroxyl groups is 2. The number of nitrogens with zero attached hydrogens (tertiary/aromatic N) is 1. The fraction of sp³-hybridized carbons (Fsp3) is 0.500. The molecule has 0 radical (unpaired) electrons. The third-order valence-electron chi connectivity index (χ3n) is 2.98. The van der Waals surface area contributed by atoms with Crippen molar-refractivity contribution >= 4 is 17.3 Å². The van der Waals surface area contributed by atoms with E-state index < -0.39 is 5.82 Å². The van der Waals surface area contributed by atoms with Gasteiger partial charge in [0.25, 0.3) is 0 Å². The van der Waals surface area contributed by atoms with Crippen LogP contribution in [0.25, 0.3) is 0 Å². The number of anilines is 2. The van der Waals surface area contributed by atoms with Gasteiger partial charge in [-0.2, -0.15) is 0 Å². The maximum absolute atomic E-state index is 13.4. The molecule has 1 amide bonds. The van der Waals surface area contributed by atoms with E-state index in [0.29, 0.717) is 31.7 Å². The predicted molar refractivity (Wildman–Crippen MR) is 79.3 cm³/mol. The molecule has 0 saturated carbocycles. The molecule has 0 bridgehead atoms. The van der Waals surface area contributed by atoms with E-state index in [-0.39, 0.29) is 31.2 Å². The molecule has 5 N–H and O–H groups in total. The lowest BCUT2D eigenvalue weighted by atomic mass is 10.2. The highest BCUT2D eigenvalue weighted by Gasteiger charge is 2.09. The summed E-state index contributed by atoms with van der Waals surface area (Å²) >= 11 is 0. The van der Waals surface area contributed by atoms with Crippen molar-refractivity contribution in [1.29, 1.82) is 0 Å². The SMILES string of the molecule is Nc1ccc(F)c(NC(=O)CCCN(CCO)CCO)c1. The Morgan fingerprint density at radius 1 is 1.24 bits per heavy atom. The highest BCUT2D eigenvalue weighted by molar-refractivity contribution is 5.91. The first-order valence-corrected chi connectivity index (χ1v) is 6.85. The summed E-state index contributed by atoms with van der Waals surface area (Å²) in [5, 5.41) is 20.2. The van der Waals surface area contributed by atoms with Crippen LogP contribution >= 0.6 is 0 Å². The van der Waals surface area contributed by atoms with Crippen molar-refractivity contribution in [2.24, 2.45) is 0 Å². The third kappa shape index (κ3) is 6.52. The van der Waals surface area contributed by atoms with E-state index >= 15 is 0 Å². The Kier molecular flexibility index (Phi) is 7.66. The molecule has 0 heterocycles. The van der Waals surface area contributed by atoms with E-state index in [9.17, 15) is 9.18 Å². The Morgan fingerprint density at radius 2 is 1.90 bits per heavy atom. The Bertz CT molecular complexity index is 451. The second kappa shape index (κ2) is 9.28. The van der Waals surface area contributed by atoms with Crippen LogP contribution in [0.5, 0.6) is 0 Å². The van der Waals surface area contributed by atoms with Gasteiger partial charge >= 0.3 is 0 Å². The third-order valence-corrected chi connectivity index (χ3v) is 2.98. The highest BCUT2D eigenvalue weighted by atomic mass is 19.1. The average molecular weight is 299 g/mol. The second-order valence-electron chi connectivity index (χ2n) is 4.68. The first-order valence-electron chi connectivity index (χ1n) is 6.85. The van der Waals surface area contributed by atoms with Gasteiger partial charge in [-0.25, -0.2) is 4.39 Å². The number of hydrogen-bond acceptors (Lipinski definition) is 5. The summed E-state index contributed by atoms with van der Waals surface area (Å²) in [5.74, 6) is -0.827. The summed E-state index contributed by atoms with van der Waals surface area (Å²) in [5.41, 5.74) is 5.99. The normalized spacial score (nSPS) is 10.9. The van der Waals surface area contributed by atoms with Crippen molar-refractivity contribution in [3.05, 3.63) is 24.0 Å². The molecular weight excluding hydrogens is 277 g/mol. The number of carbonyl (C=O) groups is 1. The molecule has 0 aliphatic carbocycles. The van der Waals surface area contributed by atoms with Gasteiger partial charge in [0.15, 0.2) is 0 Å². The summed E-state index contributed by atoms with van der Waals surface area (Å²) in [6.45, 7) is 1.48. The quantitative estimate of drug-likeness (QED) is 0.495. The summed E-state index contributed by atoms with van der Waals surface area (Å²) < 4.78 is 13.4. The number of nitrogens with one attached hydrogen (secondary N) is 1. The first kappa shape index (κ1) is 17.4. The molecule has 118 valence electrons. The van der Waals surface area contributed by atoms with Gasteiger partial charge in [-0.3, -0.25) is 9.69 Å². The Morgan fingerprint density at radius 3 is 2.52 bits per heavy atom. The van der Waals surface area contributed by atoms with Crippen molar-refractivity contribution in [1.82, 2.24) is 4.90 Å². The minimum atomic E-state index is -0.528. The van der Waals surface area contributed by atoms with E-state index in [0.717, 1.165) is 0 Å². The van der Waals surface area contributed by atoms with Gasteiger partial charge in [-0.05, 0) is 31.2 Å². The molecular formula is C14H22FN3O3. The van der Waals surface area contributed by atoms with Crippen LogP contribution in [0.3, 0.4) is 0 Å². The molecule has 7 heteroatoms. The van der Waals surface area contributed by atoms with Crippen molar-refractivity contribution in [3.8, 4) is 0 Å². The van der Waals surface area contributed by atoms with Crippen molar-refractivity contribution in [2.75, 3.05) is 43.9 Å². The van der Waals surface area contributed by atoms with Gasteiger partial charge in [0.2, 0.25) is 5.91 Å². The summed E-state index contributed by atoms with van der Waals surface area (Å²) in [4.78, 5) is 13.6. The standard InChI is InChI=1S/C14H22FN3O3/c15-12-4-3-11(16)10-13(12)17-14(21)2-1-5-18(6-8-19)7-9-20/h3-4,10,19-20H,1-2,5-9,16H2,(H,17,21). The number of rotatable bonds is 9. The number of carbonyl (C=O) groups excluding carboxylic acids is 1. The van der Waals surface area contributed by atoms with Crippen molar-refractivity contribution in [3.63, 3.8) is 0 Å². The van der Waals surface area contributed by atoms with E-state index in [1.54, 1.807) is 0 Å². The highest BCUT2D eigenvalue weighted by Crippen LogP contribution is 2.17. The summed E-state index contributed by atoms with van der Waals surface area (Å²) in [7, 11) is 0. The number of aliphatic hydroxyl groups excluding tert-OH is 2. The van der Waals surface area contributed by atoms with E-state index in [1.165, 1.54) is 18.2 Å². The fourth-order valence-electron chi connectivity index (χ4n) is 1.93. The molecule has 0 saturated heterocycles. The molecule has 0 unspecified atom stereocenters. The number of nitrogens with two attached hydrogens (primary N) is 1. The Balaban J connectivity index is 2.38. The first-order chi connectivity index (χ1) is 10.1. The van der Waals surface area contributed by atoms with Crippen LogP contribution in [-0.2, 0) is 4.79 Å². The minimum Gasteiger partial charge on any atom is -0.399 e. The van der Waals surface area contributed by atoms with Crippen molar-refractivity contribution < 1.29 is 19.4 Å². The fourth-order valence-corrected chi connectivity index (χ4v) is 1.93. The van der Waals surface area contributed by atoms with Gasteiger partial charge in [0, 0.05) is 25.2 Å². The molecule has 1 rings (SSSR count). The zero-order chi connectivity index (χ0) is 15.7. The van der Waals surface area contributed by atoms with Crippen LogP contribution in [0.15, 0.2) is 18.2 Å². The van der Waals surface area contributed by atoms with Crippen LogP contribution in [0, 0.1) is 5.82 Å².